The highest BCUT2D eigenvalue weighted by molar-refractivity contribution is 6.33. The maximum atomic E-state index is 6.15. The fourth-order valence-electron chi connectivity index (χ4n) is 1.66. The number of nitrogens with one attached hydrogen (secondary N) is 1. The largest absolute Gasteiger partial charge is 0.351 e. The Morgan fingerprint density at radius 1 is 1.18 bits per heavy atom. The topological polar surface area (TPSA) is 37.8 Å². The van der Waals surface area contributed by atoms with E-state index in [0.29, 0.717) is 17.0 Å². The Hall–Kier alpha value is -1.61. The second-order valence-electron chi connectivity index (χ2n) is 4.16. The van der Waals surface area contributed by atoms with E-state index in [1.807, 2.05) is 30.3 Å². The first-order valence-electron chi connectivity index (χ1n) is 5.67. The van der Waals surface area contributed by atoms with Crippen LogP contribution in [0.5, 0.6) is 0 Å². The van der Waals surface area contributed by atoms with Gasteiger partial charge in [-0.3, -0.25) is 0 Å². The van der Waals surface area contributed by atoms with Crippen LogP contribution in [0.4, 0.5) is 5.95 Å². The van der Waals surface area contributed by atoms with E-state index in [0.717, 1.165) is 11.3 Å². The van der Waals surface area contributed by atoms with Crippen molar-refractivity contribution >= 4 is 17.5 Å². The van der Waals surface area contributed by atoms with E-state index in [1.165, 1.54) is 12.8 Å². The van der Waals surface area contributed by atoms with Gasteiger partial charge in [-0.1, -0.05) is 29.8 Å². The monoisotopic (exact) mass is 245 g/mol. The molecule has 3 rings (SSSR count). The Morgan fingerprint density at radius 3 is 2.76 bits per heavy atom. The van der Waals surface area contributed by atoms with E-state index < -0.39 is 0 Å². The predicted octanol–water partition coefficient (Wildman–Crippen LogP) is 3.37. The van der Waals surface area contributed by atoms with Gasteiger partial charge in [0.15, 0.2) is 0 Å². The van der Waals surface area contributed by atoms with Crippen LogP contribution in [-0.2, 0) is 0 Å². The number of aromatic nitrogens is 2. The second kappa shape index (κ2) is 4.34. The van der Waals surface area contributed by atoms with Crippen LogP contribution in [0, 0.1) is 0 Å². The minimum atomic E-state index is 0.552. The molecule has 4 heteroatoms. The zero-order valence-electron chi connectivity index (χ0n) is 9.23. The molecule has 0 bridgehead atoms. The fraction of sp³-hybridized carbons (Fsp3) is 0.231. The minimum absolute atomic E-state index is 0.552. The summed E-state index contributed by atoms with van der Waals surface area (Å²) < 4.78 is 0. The molecule has 86 valence electrons. The molecule has 2 aromatic rings. The lowest BCUT2D eigenvalue weighted by molar-refractivity contribution is 1.06. The highest BCUT2D eigenvalue weighted by Crippen LogP contribution is 2.27. The first-order chi connectivity index (χ1) is 8.33. The molecular formula is C13H12ClN3. The van der Waals surface area contributed by atoms with Crippen molar-refractivity contribution < 1.29 is 0 Å². The van der Waals surface area contributed by atoms with Gasteiger partial charge in [-0.15, -0.1) is 0 Å². The molecule has 1 N–H and O–H groups in total. The number of hydrogen-bond acceptors (Lipinski definition) is 3. The molecule has 0 atom stereocenters. The van der Waals surface area contributed by atoms with Gasteiger partial charge in [0.2, 0.25) is 5.95 Å². The summed E-state index contributed by atoms with van der Waals surface area (Å²) in [6.45, 7) is 0. The number of nitrogens with zero attached hydrogens (tertiary/aromatic N) is 2. The first-order valence-corrected chi connectivity index (χ1v) is 6.05. The lowest BCUT2D eigenvalue weighted by Crippen LogP contribution is -2.05. The summed E-state index contributed by atoms with van der Waals surface area (Å²) >= 11 is 6.15. The average Bonchev–Trinajstić information content (AvgIpc) is 3.14. The van der Waals surface area contributed by atoms with Crippen LogP contribution in [0.25, 0.3) is 11.3 Å². The van der Waals surface area contributed by atoms with Gasteiger partial charge in [-0.25, -0.2) is 9.97 Å². The number of rotatable bonds is 3. The fourth-order valence-corrected chi connectivity index (χ4v) is 1.89. The molecule has 1 aromatic heterocycles. The summed E-state index contributed by atoms with van der Waals surface area (Å²) in [6, 6.07) is 10.1. The van der Waals surface area contributed by atoms with E-state index in [9.17, 15) is 0 Å². The quantitative estimate of drug-likeness (QED) is 0.901. The molecule has 0 aliphatic heterocycles. The van der Waals surface area contributed by atoms with E-state index in [1.54, 1.807) is 6.20 Å². The first kappa shape index (κ1) is 10.5. The molecule has 1 aliphatic carbocycles. The van der Waals surface area contributed by atoms with Crippen LogP contribution in [0.2, 0.25) is 5.02 Å². The van der Waals surface area contributed by atoms with Crippen LogP contribution < -0.4 is 5.32 Å². The van der Waals surface area contributed by atoms with Gasteiger partial charge in [0.25, 0.3) is 0 Å². The Kier molecular flexibility index (Phi) is 2.69. The van der Waals surface area contributed by atoms with Crippen LogP contribution >= 0.6 is 11.6 Å². The van der Waals surface area contributed by atoms with Gasteiger partial charge >= 0.3 is 0 Å². The standard InChI is InChI=1S/C13H12ClN3/c14-11-4-2-1-3-10(11)12-7-8-15-13(17-12)16-9-5-6-9/h1-4,7-9H,5-6H2,(H,15,16,17). The van der Waals surface area contributed by atoms with Crippen molar-refractivity contribution in [2.24, 2.45) is 0 Å². The third-order valence-corrected chi connectivity index (χ3v) is 3.05. The van der Waals surface area contributed by atoms with Crippen LogP contribution in [-0.4, -0.2) is 16.0 Å². The number of benzene rings is 1. The van der Waals surface area contributed by atoms with E-state index >= 15 is 0 Å². The van der Waals surface area contributed by atoms with Gasteiger partial charge in [-0.2, -0.15) is 0 Å². The molecule has 3 nitrogen and oxygen atoms in total. The molecule has 0 unspecified atom stereocenters. The Bertz CT molecular complexity index is 538. The molecule has 1 saturated carbocycles. The number of anilines is 1. The third kappa shape index (κ3) is 2.39. The Balaban J connectivity index is 1.94. The molecule has 0 amide bonds. The maximum absolute atomic E-state index is 6.15. The van der Waals surface area contributed by atoms with Crippen molar-refractivity contribution in [1.29, 1.82) is 0 Å². The summed E-state index contributed by atoms with van der Waals surface area (Å²) in [5, 5.41) is 3.99. The van der Waals surface area contributed by atoms with Crippen molar-refractivity contribution in [3.05, 3.63) is 41.6 Å². The van der Waals surface area contributed by atoms with Gasteiger partial charge in [0, 0.05) is 22.8 Å². The highest BCUT2D eigenvalue weighted by Gasteiger charge is 2.21. The lowest BCUT2D eigenvalue weighted by atomic mass is 10.1. The summed E-state index contributed by atoms with van der Waals surface area (Å²) in [4.78, 5) is 8.69. The summed E-state index contributed by atoms with van der Waals surface area (Å²) in [5.74, 6) is 0.685. The van der Waals surface area contributed by atoms with Crippen molar-refractivity contribution in [3.63, 3.8) is 0 Å². The molecule has 1 heterocycles. The second-order valence-corrected chi connectivity index (χ2v) is 4.57. The number of halogens is 1. The minimum Gasteiger partial charge on any atom is -0.351 e. The van der Waals surface area contributed by atoms with Crippen LogP contribution in [0.3, 0.4) is 0 Å². The maximum Gasteiger partial charge on any atom is 0.223 e. The molecule has 0 saturated heterocycles. The van der Waals surface area contributed by atoms with Crippen LogP contribution in [0.1, 0.15) is 12.8 Å². The van der Waals surface area contributed by atoms with Gasteiger partial charge in [0.1, 0.15) is 0 Å². The molecule has 1 fully saturated rings. The van der Waals surface area contributed by atoms with E-state index in [4.69, 9.17) is 11.6 Å². The summed E-state index contributed by atoms with van der Waals surface area (Å²) in [7, 11) is 0. The molecular weight excluding hydrogens is 234 g/mol. The molecule has 1 aliphatic rings. The highest BCUT2D eigenvalue weighted by atomic mass is 35.5. The van der Waals surface area contributed by atoms with Gasteiger partial charge in [0.05, 0.1) is 5.69 Å². The van der Waals surface area contributed by atoms with Gasteiger partial charge < -0.3 is 5.32 Å². The van der Waals surface area contributed by atoms with Crippen LogP contribution in [0.15, 0.2) is 36.5 Å². The molecule has 1 aromatic carbocycles. The predicted molar refractivity (Wildman–Crippen MR) is 69.1 cm³/mol. The third-order valence-electron chi connectivity index (χ3n) is 2.72. The average molecular weight is 246 g/mol. The Morgan fingerprint density at radius 2 is 2.00 bits per heavy atom. The van der Waals surface area contributed by atoms with Gasteiger partial charge in [-0.05, 0) is 25.0 Å². The van der Waals surface area contributed by atoms with Crippen molar-refractivity contribution in [2.45, 2.75) is 18.9 Å². The smallest absolute Gasteiger partial charge is 0.223 e. The molecule has 0 spiro atoms. The normalized spacial score (nSPS) is 14.6. The van der Waals surface area contributed by atoms with E-state index in [-0.39, 0.29) is 0 Å². The Labute approximate surface area is 105 Å². The van der Waals surface area contributed by atoms with Crippen molar-refractivity contribution in [2.75, 3.05) is 5.32 Å². The molecule has 17 heavy (non-hydrogen) atoms. The summed E-state index contributed by atoms with van der Waals surface area (Å²) in [5.41, 5.74) is 1.80. The van der Waals surface area contributed by atoms with Crippen molar-refractivity contribution in [3.8, 4) is 11.3 Å². The number of hydrogen-bond donors (Lipinski definition) is 1. The summed E-state index contributed by atoms with van der Waals surface area (Å²) in [6.07, 6.45) is 4.18. The van der Waals surface area contributed by atoms with E-state index in [2.05, 4.69) is 15.3 Å². The molecule has 0 radical (unpaired) electrons. The SMILES string of the molecule is Clc1ccccc1-c1ccnc(NC2CC2)n1. The lowest BCUT2D eigenvalue weighted by Gasteiger charge is -2.06. The van der Waals surface area contributed by atoms with Crippen molar-refractivity contribution in [1.82, 2.24) is 9.97 Å². The zero-order valence-corrected chi connectivity index (χ0v) is 9.98. The zero-order chi connectivity index (χ0) is 11.7.